The molecule has 0 aliphatic carbocycles. The zero-order valence-electron chi connectivity index (χ0n) is 6.81. The van der Waals surface area contributed by atoms with Crippen LogP contribution in [0, 0.1) is 5.41 Å². The number of ether oxygens (including phenoxy) is 1. The molecule has 0 aromatic heterocycles. The largest absolute Gasteiger partial charge is 0.462 e. The molecule has 0 saturated carbocycles. The first-order valence-electron chi connectivity index (χ1n) is 3.73. The molecule has 0 N–H and O–H groups in total. The average Bonchev–Trinajstić information content (AvgIpc) is 1.81. The van der Waals surface area contributed by atoms with E-state index in [0.717, 1.165) is 12.8 Å². The summed E-state index contributed by atoms with van der Waals surface area (Å²) in [6.07, 6.45) is 2.08. The van der Waals surface area contributed by atoms with Crippen LogP contribution in [0.25, 0.3) is 0 Å². The van der Waals surface area contributed by atoms with Gasteiger partial charge >= 0.3 is 5.97 Å². The van der Waals surface area contributed by atoms with E-state index in [1.165, 1.54) is 0 Å². The average molecular weight is 142 g/mol. The fourth-order valence-corrected chi connectivity index (χ4v) is 1.07. The molecule has 10 heavy (non-hydrogen) atoms. The summed E-state index contributed by atoms with van der Waals surface area (Å²) in [5.41, 5.74) is -0.244. The highest BCUT2D eigenvalue weighted by molar-refractivity contribution is 5.76. The number of esters is 1. The van der Waals surface area contributed by atoms with E-state index in [4.69, 9.17) is 4.74 Å². The summed E-state index contributed by atoms with van der Waals surface area (Å²) in [4.78, 5) is 11.1. The molecule has 2 nitrogen and oxygen atoms in total. The molecule has 1 unspecified atom stereocenters. The van der Waals surface area contributed by atoms with Crippen molar-refractivity contribution in [1.29, 1.82) is 0 Å². The van der Waals surface area contributed by atoms with Gasteiger partial charge in [0.05, 0.1) is 11.5 Å². The number of rotatable bonds is 0. The Morgan fingerprint density at radius 3 is 2.60 bits per heavy atom. The second kappa shape index (κ2) is 2.26. The predicted molar refractivity (Wildman–Crippen MR) is 38.6 cm³/mol. The topological polar surface area (TPSA) is 26.3 Å². The van der Waals surface area contributed by atoms with Gasteiger partial charge in [0.1, 0.15) is 0 Å². The van der Waals surface area contributed by atoms with Crippen molar-refractivity contribution in [1.82, 2.24) is 0 Å². The molecule has 1 aliphatic heterocycles. The highest BCUT2D eigenvalue weighted by Gasteiger charge is 2.34. The second-order valence-electron chi connectivity index (χ2n) is 3.64. The van der Waals surface area contributed by atoms with E-state index in [2.05, 4.69) is 0 Å². The SMILES string of the molecule is CC1CCC(C)(C)C(=O)O1. The van der Waals surface area contributed by atoms with Crippen molar-refractivity contribution in [2.45, 2.75) is 39.7 Å². The Morgan fingerprint density at radius 2 is 2.20 bits per heavy atom. The molecule has 1 rings (SSSR count). The first-order valence-corrected chi connectivity index (χ1v) is 3.73. The number of carbonyl (C=O) groups excluding carboxylic acids is 1. The van der Waals surface area contributed by atoms with Crippen LogP contribution in [-0.4, -0.2) is 12.1 Å². The smallest absolute Gasteiger partial charge is 0.311 e. The number of cyclic esters (lactones) is 1. The fourth-order valence-electron chi connectivity index (χ4n) is 1.07. The van der Waals surface area contributed by atoms with E-state index >= 15 is 0 Å². The first-order chi connectivity index (χ1) is 4.52. The maximum atomic E-state index is 11.1. The van der Waals surface area contributed by atoms with Crippen molar-refractivity contribution in [2.24, 2.45) is 5.41 Å². The minimum Gasteiger partial charge on any atom is -0.462 e. The van der Waals surface area contributed by atoms with Crippen LogP contribution in [0.3, 0.4) is 0 Å². The third-order valence-electron chi connectivity index (χ3n) is 2.04. The Labute approximate surface area is 61.6 Å². The molecule has 0 bridgehead atoms. The van der Waals surface area contributed by atoms with Crippen LogP contribution in [0.15, 0.2) is 0 Å². The lowest BCUT2D eigenvalue weighted by Crippen LogP contribution is -2.35. The van der Waals surface area contributed by atoms with Gasteiger partial charge in [-0.3, -0.25) is 4.79 Å². The van der Waals surface area contributed by atoms with Crippen LogP contribution in [-0.2, 0) is 9.53 Å². The Balaban J connectivity index is 2.61. The Kier molecular flexibility index (Phi) is 1.71. The summed E-state index contributed by atoms with van der Waals surface area (Å²) in [7, 11) is 0. The van der Waals surface area contributed by atoms with Gasteiger partial charge < -0.3 is 4.74 Å². The van der Waals surface area contributed by atoms with Crippen LogP contribution in [0.5, 0.6) is 0 Å². The van der Waals surface area contributed by atoms with E-state index in [0.29, 0.717) is 0 Å². The van der Waals surface area contributed by atoms with E-state index in [-0.39, 0.29) is 17.5 Å². The highest BCUT2D eigenvalue weighted by Crippen LogP contribution is 2.30. The van der Waals surface area contributed by atoms with Crippen LogP contribution < -0.4 is 0 Å². The summed E-state index contributed by atoms with van der Waals surface area (Å²) in [6.45, 7) is 5.80. The number of hydrogen-bond donors (Lipinski definition) is 0. The van der Waals surface area contributed by atoms with Crippen molar-refractivity contribution >= 4 is 5.97 Å². The van der Waals surface area contributed by atoms with E-state index < -0.39 is 0 Å². The van der Waals surface area contributed by atoms with Gasteiger partial charge in [0.25, 0.3) is 0 Å². The van der Waals surface area contributed by atoms with Crippen molar-refractivity contribution in [3.8, 4) is 0 Å². The van der Waals surface area contributed by atoms with Crippen LogP contribution in [0.2, 0.25) is 0 Å². The summed E-state index contributed by atoms with van der Waals surface area (Å²) in [5, 5.41) is 0. The third kappa shape index (κ3) is 1.31. The van der Waals surface area contributed by atoms with Crippen LogP contribution in [0.1, 0.15) is 33.6 Å². The van der Waals surface area contributed by atoms with Gasteiger partial charge in [-0.2, -0.15) is 0 Å². The summed E-state index contributed by atoms with van der Waals surface area (Å²) in [6, 6.07) is 0. The molecule has 0 amide bonds. The number of carbonyl (C=O) groups is 1. The van der Waals surface area contributed by atoms with Gasteiger partial charge in [-0.25, -0.2) is 0 Å². The predicted octanol–water partition coefficient (Wildman–Crippen LogP) is 1.74. The Bertz CT molecular complexity index is 149. The van der Waals surface area contributed by atoms with Crippen molar-refractivity contribution in [3.63, 3.8) is 0 Å². The lowest BCUT2D eigenvalue weighted by Gasteiger charge is -2.31. The molecule has 58 valence electrons. The fraction of sp³-hybridized carbons (Fsp3) is 0.875. The minimum atomic E-state index is -0.244. The summed E-state index contributed by atoms with van der Waals surface area (Å²) < 4.78 is 5.06. The van der Waals surface area contributed by atoms with E-state index in [9.17, 15) is 4.79 Å². The molecule has 1 aliphatic rings. The van der Waals surface area contributed by atoms with Gasteiger partial charge in [0, 0.05) is 0 Å². The van der Waals surface area contributed by atoms with Crippen molar-refractivity contribution < 1.29 is 9.53 Å². The monoisotopic (exact) mass is 142 g/mol. The van der Waals surface area contributed by atoms with Gasteiger partial charge in [-0.15, -0.1) is 0 Å². The van der Waals surface area contributed by atoms with Crippen molar-refractivity contribution in [3.05, 3.63) is 0 Å². The maximum absolute atomic E-state index is 11.1. The van der Waals surface area contributed by atoms with Gasteiger partial charge in [0.2, 0.25) is 0 Å². The van der Waals surface area contributed by atoms with Crippen LogP contribution in [0.4, 0.5) is 0 Å². The standard InChI is InChI=1S/C8H14O2/c1-6-4-5-8(2,3)7(9)10-6/h6H,4-5H2,1-3H3. The lowest BCUT2D eigenvalue weighted by molar-refractivity contribution is -0.166. The molecule has 0 radical (unpaired) electrons. The Morgan fingerprint density at radius 1 is 1.60 bits per heavy atom. The molecule has 1 heterocycles. The molecule has 1 atom stereocenters. The maximum Gasteiger partial charge on any atom is 0.311 e. The molecule has 0 spiro atoms. The zero-order chi connectivity index (χ0) is 7.78. The van der Waals surface area contributed by atoms with Gasteiger partial charge in [-0.1, -0.05) is 0 Å². The molecule has 2 heteroatoms. The van der Waals surface area contributed by atoms with E-state index in [1.54, 1.807) is 0 Å². The Hall–Kier alpha value is -0.530. The van der Waals surface area contributed by atoms with Gasteiger partial charge in [-0.05, 0) is 33.6 Å². The third-order valence-corrected chi connectivity index (χ3v) is 2.04. The first kappa shape index (κ1) is 7.58. The summed E-state index contributed by atoms with van der Waals surface area (Å²) >= 11 is 0. The van der Waals surface area contributed by atoms with Crippen LogP contribution >= 0.6 is 0 Å². The molecular formula is C8H14O2. The molecule has 0 aromatic carbocycles. The highest BCUT2D eigenvalue weighted by atomic mass is 16.5. The molecule has 0 aromatic rings. The second-order valence-corrected chi connectivity index (χ2v) is 3.64. The molecule has 1 saturated heterocycles. The lowest BCUT2D eigenvalue weighted by atomic mass is 9.85. The van der Waals surface area contributed by atoms with Crippen molar-refractivity contribution in [2.75, 3.05) is 0 Å². The molecular weight excluding hydrogens is 128 g/mol. The normalized spacial score (nSPS) is 31.5. The molecule has 1 fully saturated rings. The zero-order valence-corrected chi connectivity index (χ0v) is 6.81. The summed E-state index contributed by atoms with van der Waals surface area (Å²) in [5.74, 6) is -0.0498. The minimum absolute atomic E-state index is 0.0498. The van der Waals surface area contributed by atoms with E-state index in [1.807, 2.05) is 20.8 Å². The number of hydrogen-bond acceptors (Lipinski definition) is 2. The van der Waals surface area contributed by atoms with Gasteiger partial charge in [0.15, 0.2) is 0 Å². The quantitative estimate of drug-likeness (QED) is 0.481.